The fourth-order valence-electron chi connectivity index (χ4n) is 1.66. The Morgan fingerprint density at radius 1 is 1.39 bits per heavy atom. The molecule has 2 rings (SSSR count). The maximum absolute atomic E-state index is 11.9. The summed E-state index contributed by atoms with van der Waals surface area (Å²) in [5.74, 6) is 0. The van der Waals surface area contributed by atoms with Gasteiger partial charge in [-0.15, -0.1) is 0 Å². The highest BCUT2D eigenvalue weighted by Crippen LogP contribution is 2.12. The van der Waals surface area contributed by atoms with E-state index in [1.807, 2.05) is 31.2 Å². The van der Waals surface area contributed by atoms with Gasteiger partial charge in [0.1, 0.15) is 0 Å². The van der Waals surface area contributed by atoms with E-state index in [-0.39, 0.29) is 5.56 Å². The van der Waals surface area contributed by atoms with Crippen LogP contribution in [0.4, 0.5) is 5.69 Å². The van der Waals surface area contributed by atoms with Crippen LogP contribution in [0.3, 0.4) is 0 Å². The van der Waals surface area contributed by atoms with Crippen LogP contribution in [0.5, 0.6) is 0 Å². The molecule has 1 aromatic carbocycles. The smallest absolute Gasteiger partial charge is 0.269 e. The molecule has 0 aliphatic rings. The molecule has 1 heterocycles. The monoisotopic (exact) mass is 307 g/mol. The molecule has 0 saturated heterocycles. The van der Waals surface area contributed by atoms with Gasteiger partial charge in [-0.3, -0.25) is 4.79 Å². The molecular weight excluding hydrogens is 294 g/mol. The van der Waals surface area contributed by atoms with Gasteiger partial charge in [0.05, 0.1) is 18.4 Å². The van der Waals surface area contributed by atoms with Crippen molar-refractivity contribution in [2.75, 3.05) is 11.9 Å². The summed E-state index contributed by atoms with van der Waals surface area (Å²) in [6.07, 6.45) is 1.67. The number of benzene rings is 1. The van der Waals surface area contributed by atoms with Crippen LogP contribution in [0.15, 0.2) is 45.8 Å². The fourth-order valence-corrected chi connectivity index (χ4v) is 2.11. The lowest BCUT2D eigenvalue weighted by Crippen LogP contribution is -2.23. The molecule has 0 aliphatic heterocycles. The Kier molecular flexibility index (Phi) is 4.15. The van der Waals surface area contributed by atoms with Crippen LogP contribution in [-0.4, -0.2) is 16.3 Å². The molecule has 0 bridgehead atoms. The van der Waals surface area contributed by atoms with Crippen molar-refractivity contribution < 1.29 is 0 Å². The number of nitrogens with zero attached hydrogens (tertiary/aromatic N) is 2. The fraction of sp³-hybridized carbons (Fsp3) is 0.231. The molecular formula is C13H14BrN3O. The van der Waals surface area contributed by atoms with Gasteiger partial charge >= 0.3 is 0 Å². The summed E-state index contributed by atoms with van der Waals surface area (Å²) in [5.41, 5.74) is 1.69. The van der Waals surface area contributed by atoms with Crippen LogP contribution in [0, 0.1) is 0 Å². The minimum atomic E-state index is -0.103. The van der Waals surface area contributed by atoms with Gasteiger partial charge in [0, 0.05) is 17.1 Å². The first-order valence-electron chi connectivity index (χ1n) is 5.74. The SMILES string of the molecule is CCNc1cnn(Cc2cccc(Br)c2)c(=O)c1. The lowest BCUT2D eigenvalue weighted by atomic mass is 10.2. The number of anilines is 1. The molecule has 1 N–H and O–H groups in total. The molecule has 0 radical (unpaired) electrons. The standard InChI is InChI=1S/C13H14BrN3O/c1-2-15-12-7-13(18)17(16-8-12)9-10-4-3-5-11(14)6-10/h3-8,15H,2,9H2,1H3. The Hall–Kier alpha value is -1.62. The molecule has 4 nitrogen and oxygen atoms in total. The lowest BCUT2D eigenvalue weighted by molar-refractivity contribution is 0.639. The second-order valence-corrected chi connectivity index (χ2v) is 4.82. The van der Waals surface area contributed by atoms with E-state index in [1.54, 1.807) is 12.3 Å². The zero-order valence-electron chi connectivity index (χ0n) is 10.1. The van der Waals surface area contributed by atoms with Crippen molar-refractivity contribution in [3.05, 3.63) is 56.9 Å². The first-order chi connectivity index (χ1) is 8.69. The van der Waals surface area contributed by atoms with Crippen molar-refractivity contribution in [2.24, 2.45) is 0 Å². The molecule has 5 heteroatoms. The molecule has 18 heavy (non-hydrogen) atoms. The topological polar surface area (TPSA) is 46.9 Å². The molecule has 1 aromatic heterocycles. The Labute approximate surface area is 114 Å². The predicted molar refractivity (Wildman–Crippen MR) is 75.9 cm³/mol. The van der Waals surface area contributed by atoms with Gasteiger partial charge in [0.2, 0.25) is 0 Å². The summed E-state index contributed by atoms with van der Waals surface area (Å²) < 4.78 is 2.44. The van der Waals surface area contributed by atoms with Crippen molar-refractivity contribution in [3.63, 3.8) is 0 Å². The highest BCUT2D eigenvalue weighted by atomic mass is 79.9. The van der Waals surface area contributed by atoms with Gasteiger partial charge in [-0.25, -0.2) is 4.68 Å². The average molecular weight is 308 g/mol. The molecule has 0 unspecified atom stereocenters. The van der Waals surface area contributed by atoms with Crippen molar-refractivity contribution >= 4 is 21.6 Å². The van der Waals surface area contributed by atoms with Crippen LogP contribution in [0.2, 0.25) is 0 Å². The zero-order valence-corrected chi connectivity index (χ0v) is 11.6. The van der Waals surface area contributed by atoms with Crippen LogP contribution in [0.25, 0.3) is 0 Å². The van der Waals surface area contributed by atoms with Gasteiger partial charge in [0.15, 0.2) is 0 Å². The third-order valence-electron chi connectivity index (χ3n) is 2.47. The Morgan fingerprint density at radius 2 is 2.22 bits per heavy atom. The number of hydrogen-bond acceptors (Lipinski definition) is 3. The van der Waals surface area contributed by atoms with Gasteiger partial charge < -0.3 is 5.32 Å². The number of rotatable bonds is 4. The van der Waals surface area contributed by atoms with E-state index in [0.717, 1.165) is 22.3 Å². The number of aromatic nitrogens is 2. The van der Waals surface area contributed by atoms with E-state index < -0.39 is 0 Å². The number of halogens is 1. The van der Waals surface area contributed by atoms with E-state index in [9.17, 15) is 4.79 Å². The molecule has 0 amide bonds. The second-order valence-electron chi connectivity index (χ2n) is 3.90. The molecule has 0 aliphatic carbocycles. The summed E-state index contributed by atoms with van der Waals surface area (Å²) in [7, 11) is 0. The molecule has 0 saturated carbocycles. The van der Waals surface area contributed by atoms with E-state index in [1.165, 1.54) is 4.68 Å². The molecule has 0 fully saturated rings. The van der Waals surface area contributed by atoms with E-state index in [2.05, 4.69) is 26.3 Å². The van der Waals surface area contributed by atoms with E-state index >= 15 is 0 Å². The van der Waals surface area contributed by atoms with Crippen LogP contribution >= 0.6 is 15.9 Å². The van der Waals surface area contributed by atoms with E-state index in [4.69, 9.17) is 0 Å². The number of hydrogen-bond donors (Lipinski definition) is 1. The first-order valence-corrected chi connectivity index (χ1v) is 6.54. The van der Waals surface area contributed by atoms with Crippen molar-refractivity contribution in [1.82, 2.24) is 9.78 Å². The summed E-state index contributed by atoms with van der Waals surface area (Å²) in [6.45, 7) is 3.23. The zero-order chi connectivity index (χ0) is 13.0. The van der Waals surface area contributed by atoms with Crippen molar-refractivity contribution in [2.45, 2.75) is 13.5 Å². The van der Waals surface area contributed by atoms with Crippen molar-refractivity contribution in [3.8, 4) is 0 Å². The predicted octanol–water partition coefficient (Wildman–Crippen LogP) is 2.49. The van der Waals surface area contributed by atoms with Crippen LogP contribution in [-0.2, 0) is 6.54 Å². The normalized spacial score (nSPS) is 10.3. The second kappa shape index (κ2) is 5.82. The Balaban J connectivity index is 2.22. The maximum atomic E-state index is 11.9. The number of nitrogens with one attached hydrogen (secondary N) is 1. The summed E-state index contributed by atoms with van der Waals surface area (Å²) in [5, 5.41) is 7.21. The summed E-state index contributed by atoms with van der Waals surface area (Å²) in [6, 6.07) is 9.41. The third-order valence-corrected chi connectivity index (χ3v) is 2.97. The minimum Gasteiger partial charge on any atom is -0.384 e. The highest BCUT2D eigenvalue weighted by Gasteiger charge is 2.01. The van der Waals surface area contributed by atoms with Gasteiger partial charge in [-0.1, -0.05) is 28.1 Å². The summed E-state index contributed by atoms with van der Waals surface area (Å²) >= 11 is 3.41. The quantitative estimate of drug-likeness (QED) is 0.944. The van der Waals surface area contributed by atoms with Crippen LogP contribution in [0.1, 0.15) is 12.5 Å². The molecule has 2 aromatic rings. The lowest BCUT2D eigenvalue weighted by Gasteiger charge is -2.07. The highest BCUT2D eigenvalue weighted by molar-refractivity contribution is 9.10. The molecule has 0 atom stereocenters. The Morgan fingerprint density at radius 3 is 2.89 bits per heavy atom. The largest absolute Gasteiger partial charge is 0.384 e. The Bertz CT molecular complexity index is 595. The average Bonchev–Trinajstić information content (AvgIpc) is 2.33. The first kappa shape index (κ1) is 12.8. The van der Waals surface area contributed by atoms with Crippen LogP contribution < -0.4 is 10.9 Å². The van der Waals surface area contributed by atoms with Gasteiger partial charge in [-0.2, -0.15) is 5.10 Å². The maximum Gasteiger partial charge on any atom is 0.269 e. The molecule has 94 valence electrons. The third kappa shape index (κ3) is 3.20. The molecule has 0 spiro atoms. The minimum absolute atomic E-state index is 0.103. The van der Waals surface area contributed by atoms with Crippen molar-refractivity contribution in [1.29, 1.82) is 0 Å². The van der Waals surface area contributed by atoms with Gasteiger partial charge in [-0.05, 0) is 24.6 Å². The summed E-state index contributed by atoms with van der Waals surface area (Å²) in [4.78, 5) is 11.9. The van der Waals surface area contributed by atoms with Gasteiger partial charge in [0.25, 0.3) is 5.56 Å². The van der Waals surface area contributed by atoms with E-state index in [0.29, 0.717) is 6.54 Å².